The standard InChI is InChI=1S/C72H72O10/c1-3-73-33-39-77-67-55-21-13-22-56(67)48-60-26-16-28-62(70(60)80-42-36-76-38-44-82-72-65-31-11-7-19-53(65)46-54-20-8-12-32-66(54)72)50-58-24-14-23-57(68(58)78-40-34-74-4-2)49-61-27-15-25-59(47-55)69(61)79-41-35-75-37-43-81-71-63-29-9-5-17-51(63)45-52-18-6-10-30-64(52)71/h5-32,45-46H,3-4,33-44,47-50H2,1-2H3. The third kappa shape index (κ3) is 13.4. The quantitative estimate of drug-likeness (QED) is 0.0386. The molecular weight excluding hydrogens is 1020 g/mol. The lowest BCUT2D eigenvalue weighted by Gasteiger charge is -2.23. The van der Waals surface area contributed by atoms with Gasteiger partial charge in [0.15, 0.2) is 0 Å². The van der Waals surface area contributed by atoms with Crippen molar-refractivity contribution in [2.75, 3.05) is 92.5 Å². The highest BCUT2D eigenvalue weighted by Gasteiger charge is 2.22. The zero-order chi connectivity index (χ0) is 55.7. The SMILES string of the molecule is CCOCCOc1c2cccc1Cc1cccc(c1OCCOCCOc1c3ccccc3cc3ccccc13)Cc1cccc(c1OCCOCC)Cc1cccc(c1OCCOCCOc1c3ccccc3cc3ccccc13)C2. The summed E-state index contributed by atoms with van der Waals surface area (Å²) in [6, 6.07) is 63.6. The van der Waals surface area contributed by atoms with E-state index in [0.717, 1.165) is 122 Å². The van der Waals surface area contributed by atoms with E-state index in [-0.39, 0.29) is 0 Å². The van der Waals surface area contributed by atoms with Crippen LogP contribution in [0.5, 0.6) is 34.5 Å². The molecule has 0 unspecified atom stereocenters. The van der Waals surface area contributed by atoms with Crippen molar-refractivity contribution < 1.29 is 47.4 Å². The molecule has 0 spiro atoms. The second-order valence-electron chi connectivity index (χ2n) is 20.3. The average molecular weight is 1100 g/mol. The molecule has 82 heavy (non-hydrogen) atoms. The van der Waals surface area contributed by atoms with Crippen molar-refractivity contribution in [3.63, 3.8) is 0 Å². The monoisotopic (exact) mass is 1100 g/mol. The number of fused-ring (bicyclic) bond motifs is 12. The molecule has 0 aromatic heterocycles. The molecule has 0 N–H and O–H groups in total. The molecular formula is C72H72O10. The molecule has 0 aliphatic heterocycles. The predicted molar refractivity (Wildman–Crippen MR) is 327 cm³/mol. The molecule has 10 aromatic rings. The Labute approximate surface area is 481 Å². The summed E-state index contributed by atoms with van der Waals surface area (Å²) in [7, 11) is 0. The fraction of sp³-hybridized carbons (Fsp3) is 0.278. The zero-order valence-electron chi connectivity index (χ0n) is 47.1. The minimum atomic E-state index is 0.343. The molecule has 10 aromatic carbocycles. The van der Waals surface area contributed by atoms with Crippen molar-refractivity contribution in [3.05, 3.63) is 226 Å². The lowest BCUT2D eigenvalue weighted by molar-refractivity contribution is 0.0767. The van der Waals surface area contributed by atoms with Gasteiger partial charge in [0.1, 0.15) is 74.1 Å². The third-order valence-electron chi connectivity index (χ3n) is 14.9. The van der Waals surface area contributed by atoms with Crippen LogP contribution in [0.15, 0.2) is 182 Å². The summed E-state index contributed by atoms with van der Waals surface area (Å²) >= 11 is 0. The molecule has 1 aliphatic rings. The van der Waals surface area contributed by atoms with Crippen LogP contribution in [0.1, 0.15) is 58.4 Å². The number of para-hydroxylation sites is 4. The lowest BCUT2D eigenvalue weighted by Crippen LogP contribution is -2.15. The van der Waals surface area contributed by atoms with E-state index in [9.17, 15) is 0 Å². The van der Waals surface area contributed by atoms with Crippen LogP contribution in [-0.4, -0.2) is 92.5 Å². The maximum Gasteiger partial charge on any atom is 0.135 e. The van der Waals surface area contributed by atoms with E-state index in [4.69, 9.17) is 47.4 Å². The molecule has 0 saturated heterocycles. The van der Waals surface area contributed by atoms with Gasteiger partial charge in [-0.2, -0.15) is 0 Å². The smallest absolute Gasteiger partial charge is 0.135 e. The Morgan fingerprint density at radius 1 is 0.232 bits per heavy atom. The van der Waals surface area contributed by atoms with Gasteiger partial charge in [0.25, 0.3) is 0 Å². The summed E-state index contributed by atoms with van der Waals surface area (Å²) in [5, 5.41) is 8.92. The molecule has 10 heteroatoms. The molecule has 0 heterocycles. The van der Waals surface area contributed by atoms with E-state index in [2.05, 4.69) is 182 Å². The number of hydrogen-bond acceptors (Lipinski definition) is 10. The summed E-state index contributed by atoms with van der Waals surface area (Å²) in [5.74, 6) is 5.07. The molecule has 10 nitrogen and oxygen atoms in total. The normalized spacial score (nSPS) is 12.2. The van der Waals surface area contributed by atoms with Gasteiger partial charge in [0.2, 0.25) is 0 Å². The minimum Gasteiger partial charge on any atom is -0.491 e. The summed E-state index contributed by atoms with van der Waals surface area (Å²) in [4.78, 5) is 0. The van der Waals surface area contributed by atoms with Crippen LogP contribution in [0.3, 0.4) is 0 Å². The molecule has 1 aliphatic carbocycles. The average Bonchev–Trinajstić information content (AvgIpc) is 3.60. The summed E-state index contributed by atoms with van der Waals surface area (Å²) in [6.45, 7) is 10.0. The van der Waals surface area contributed by atoms with Gasteiger partial charge in [-0.3, -0.25) is 0 Å². The Morgan fingerprint density at radius 2 is 0.451 bits per heavy atom. The van der Waals surface area contributed by atoms with Gasteiger partial charge in [0.05, 0.1) is 39.6 Å². The maximum atomic E-state index is 6.89. The Balaban J connectivity index is 0.844. The van der Waals surface area contributed by atoms with Crippen molar-refractivity contribution in [1.29, 1.82) is 0 Å². The summed E-state index contributed by atoms with van der Waals surface area (Å²) in [5.41, 5.74) is 8.35. The topological polar surface area (TPSA) is 92.3 Å². The molecule has 0 amide bonds. The van der Waals surface area contributed by atoms with E-state index in [1.807, 2.05) is 13.8 Å². The van der Waals surface area contributed by atoms with Crippen molar-refractivity contribution in [2.45, 2.75) is 39.5 Å². The largest absolute Gasteiger partial charge is 0.491 e. The van der Waals surface area contributed by atoms with E-state index in [1.54, 1.807) is 0 Å². The van der Waals surface area contributed by atoms with Gasteiger partial charge < -0.3 is 47.4 Å². The fourth-order valence-electron chi connectivity index (χ4n) is 11.2. The lowest BCUT2D eigenvalue weighted by atomic mass is 9.91. The third-order valence-corrected chi connectivity index (χ3v) is 14.9. The molecule has 0 fully saturated rings. The second kappa shape index (κ2) is 28.0. The Hall–Kier alpha value is -8.12. The minimum absolute atomic E-state index is 0.343. The Bertz CT molecular complexity index is 3300. The molecule has 0 saturated carbocycles. The van der Waals surface area contributed by atoms with Gasteiger partial charge in [0, 0.05) is 60.4 Å². The van der Waals surface area contributed by atoms with Crippen LogP contribution in [0.4, 0.5) is 0 Å². The van der Waals surface area contributed by atoms with Crippen LogP contribution in [0.25, 0.3) is 43.1 Å². The zero-order valence-corrected chi connectivity index (χ0v) is 47.1. The first-order valence-electron chi connectivity index (χ1n) is 28.9. The van der Waals surface area contributed by atoms with Gasteiger partial charge in [-0.05, 0) is 92.0 Å². The first kappa shape index (κ1) is 55.8. The second-order valence-corrected chi connectivity index (χ2v) is 20.3. The highest BCUT2D eigenvalue weighted by molar-refractivity contribution is 6.06. The maximum absolute atomic E-state index is 6.89. The van der Waals surface area contributed by atoms with Gasteiger partial charge >= 0.3 is 0 Å². The van der Waals surface area contributed by atoms with Crippen molar-refractivity contribution in [1.82, 2.24) is 0 Å². The van der Waals surface area contributed by atoms with E-state index in [0.29, 0.717) is 118 Å². The number of rotatable bonds is 26. The first-order valence-corrected chi connectivity index (χ1v) is 28.9. The Kier molecular flexibility index (Phi) is 19.1. The van der Waals surface area contributed by atoms with Crippen LogP contribution >= 0.6 is 0 Å². The van der Waals surface area contributed by atoms with Crippen LogP contribution in [-0.2, 0) is 44.6 Å². The molecule has 11 rings (SSSR count). The van der Waals surface area contributed by atoms with Crippen molar-refractivity contribution in [2.24, 2.45) is 0 Å². The van der Waals surface area contributed by atoms with Crippen LogP contribution in [0, 0.1) is 0 Å². The van der Waals surface area contributed by atoms with E-state index >= 15 is 0 Å². The highest BCUT2D eigenvalue weighted by atomic mass is 16.6. The van der Waals surface area contributed by atoms with Crippen LogP contribution in [0.2, 0.25) is 0 Å². The van der Waals surface area contributed by atoms with Gasteiger partial charge in [-0.1, -0.05) is 170 Å². The van der Waals surface area contributed by atoms with Gasteiger partial charge in [-0.25, -0.2) is 0 Å². The van der Waals surface area contributed by atoms with Crippen molar-refractivity contribution >= 4 is 43.1 Å². The molecule has 0 atom stereocenters. The van der Waals surface area contributed by atoms with Crippen LogP contribution < -0.4 is 28.4 Å². The summed E-state index contributed by atoms with van der Waals surface area (Å²) in [6.07, 6.45) is 2.25. The van der Waals surface area contributed by atoms with Gasteiger partial charge in [-0.15, -0.1) is 0 Å². The summed E-state index contributed by atoms with van der Waals surface area (Å²) < 4.78 is 64.4. The molecule has 8 bridgehead atoms. The highest BCUT2D eigenvalue weighted by Crippen LogP contribution is 2.40. The molecule has 0 radical (unpaired) electrons. The van der Waals surface area contributed by atoms with E-state index < -0.39 is 0 Å². The number of hydrogen-bond donors (Lipinski definition) is 0. The first-order chi connectivity index (χ1) is 40.6. The number of benzene rings is 10. The fourth-order valence-corrected chi connectivity index (χ4v) is 11.2. The predicted octanol–water partition coefficient (Wildman–Crippen LogP) is 14.8. The number of ether oxygens (including phenoxy) is 10. The van der Waals surface area contributed by atoms with Crippen molar-refractivity contribution in [3.8, 4) is 34.5 Å². The van der Waals surface area contributed by atoms with E-state index in [1.165, 1.54) is 0 Å². The Morgan fingerprint density at radius 3 is 0.695 bits per heavy atom. The molecule has 420 valence electrons.